The van der Waals surface area contributed by atoms with Crippen molar-refractivity contribution >= 4 is 17.6 Å². The molecule has 35 heavy (non-hydrogen) atoms. The van der Waals surface area contributed by atoms with Crippen LogP contribution in [0.2, 0.25) is 5.02 Å². The van der Waals surface area contributed by atoms with Gasteiger partial charge in [-0.15, -0.1) is 0 Å². The summed E-state index contributed by atoms with van der Waals surface area (Å²) in [5.41, 5.74) is -1.23. The van der Waals surface area contributed by atoms with Gasteiger partial charge in [0.2, 0.25) is 0 Å². The average molecular weight is 512 g/mol. The van der Waals surface area contributed by atoms with Crippen LogP contribution >= 0.6 is 11.6 Å². The van der Waals surface area contributed by atoms with Crippen LogP contribution in [0.4, 0.5) is 17.6 Å². The Morgan fingerprint density at radius 1 is 1.14 bits per heavy atom. The van der Waals surface area contributed by atoms with Crippen molar-refractivity contribution in [3.63, 3.8) is 0 Å². The van der Waals surface area contributed by atoms with Gasteiger partial charge in [-0.25, -0.2) is 9.07 Å². The standard InChI is InChI=1S/C24H22ClF4N3O3/c1-12(2)23(34)35-21-13(3)31-32(4)22(33)20(21)19-15(16(25)8-9-17(19)26)7-5-14-6-10-18(30-11-14)24(27,28)29/h6,8-12H,5,7H2,1-4H3. The van der Waals surface area contributed by atoms with Gasteiger partial charge in [-0.2, -0.15) is 18.3 Å². The first-order valence-electron chi connectivity index (χ1n) is 10.6. The van der Waals surface area contributed by atoms with Gasteiger partial charge in [0.25, 0.3) is 5.56 Å². The predicted octanol–water partition coefficient (Wildman–Crippen LogP) is 5.31. The van der Waals surface area contributed by atoms with E-state index in [1.165, 1.54) is 26.1 Å². The Bertz CT molecular complexity index is 1320. The maximum absolute atomic E-state index is 15.2. The minimum Gasteiger partial charge on any atom is -0.423 e. The van der Waals surface area contributed by atoms with Gasteiger partial charge in [-0.1, -0.05) is 31.5 Å². The predicted molar refractivity (Wildman–Crippen MR) is 122 cm³/mol. The van der Waals surface area contributed by atoms with Gasteiger partial charge in [-0.05, 0) is 49.1 Å². The number of carbonyl (C=O) groups excluding carboxylic acids is 1. The number of rotatable bonds is 6. The maximum atomic E-state index is 15.2. The average Bonchev–Trinajstić information content (AvgIpc) is 2.78. The third-order valence-electron chi connectivity index (χ3n) is 5.27. The Labute approximate surface area is 203 Å². The van der Waals surface area contributed by atoms with Crippen LogP contribution in [0.5, 0.6) is 5.75 Å². The van der Waals surface area contributed by atoms with Gasteiger partial charge >= 0.3 is 12.1 Å². The lowest BCUT2D eigenvalue weighted by Gasteiger charge is -2.18. The summed E-state index contributed by atoms with van der Waals surface area (Å²) in [7, 11) is 1.38. The van der Waals surface area contributed by atoms with E-state index >= 15 is 4.39 Å². The SMILES string of the molecule is Cc1nn(C)c(=O)c(-c2c(F)ccc(Cl)c2CCc2ccc(C(F)(F)F)nc2)c1OC(=O)C(C)C. The van der Waals surface area contributed by atoms with Crippen molar-refractivity contribution in [3.8, 4) is 16.9 Å². The molecule has 0 saturated carbocycles. The zero-order chi connectivity index (χ0) is 26.1. The van der Waals surface area contributed by atoms with Crippen LogP contribution in [0.25, 0.3) is 11.1 Å². The Morgan fingerprint density at radius 2 is 1.83 bits per heavy atom. The monoisotopic (exact) mass is 511 g/mol. The number of ether oxygens (including phenoxy) is 1. The zero-order valence-corrected chi connectivity index (χ0v) is 20.1. The molecule has 2 heterocycles. The lowest BCUT2D eigenvalue weighted by molar-refractivity contribution is -0.141. The first kappa shape index (κ1) is 26.3. The Morgan fingerprint density at radius 3 is 2.40 bits per heavy atom. The molecule has 186 valence electrons. The molecule has 0 aliphatic carbocycles. The molecule has 0 radical (unpaired) electrons. The summed E-state index contributed by atoms with van der Waals surface area (Å²) >= 11 is 6.38. The number of aryl methyl sites for hydroxylation is 3. The van der Waals surface area contributed by atoms with E-state index in [0.29, 0.717) is 5.56 Å². The van der Waals surface area contributed by atoms with Crippen LogP contribution in [0.15, 0.2) is 35.3 Å². The van der Waals surface area contributed by atoms with E-state index in [9.17, 15) is 22.8 Å². The third-order valence-corrected chi connectivity index (χ3v) is 5.63. The number of nitrogens with zero attached hydrogens (tertiary/aromatic N) is 3. The van der Waals surface area contributed by atoms with Crippen LogP contribution in [0, 0.1) is 18.7 Å². The molecule has 6 nitrogen and oxygen atoms in total. The molecular formula is C24H22ClF4N3O3. The second-order valence-corrected chi connectivity index (χ2v) is 8.63. The first-order valence-corrected chi connectivity index (χ1v) is 11.0. The molecule has 11 heteroatoms. The quantitative estimate of drug-likeness (QED) is 0.331. The van der Waals surface area contributed by atoms with E-state index < -0.39 is 35.1 Å². The zero-order valence-electron chi connectivity index (χ0n) is 19.3. The summed E-state index contributed by atoms with van der Waals surface area (Å²) in [6, 6.07) is 4.53. The summed E-state index contributed by atoms with van der Waals surface area (Å²) in [4.78, 5) is 28.9. The van der Waals surface area contributed by atoms with Crippen molar-refractivity contribution in [2.45, 2.75) is 39.8 Å². The highest BCUT2D eigenvalue weighted by Crippen LogP contribution is 2.37. The molecule has 0 N–H and O–H groups in total. The van der Waals surface area contributed by atoms with Gasteiger partial charge in [0.15, 0.2) is 5.75 Å². The number of halogens is 5. The number of hydrogen-bond acceptors (Lipinski definition) is 5. The second kappa shape index (κ2) is 10.2. The largest absolute Gasteiger partial charge is 0.433 e. The highest BCUT2D eigenvalue weighted by Gasteiger charge is 2.32. The summed E-state index contributed by atoms with van der Waals surface area (Å²) in [5, 5.41) is 4.18. The van der Waals surface area contributed by atoms with E-state index in [1.54, 1.807) is 13.8 Å². The number of carbonyl (C=O) groups is 1. The fourth-order valence-electron chi connectivity index (χ4n) is 3.44. The third kappa shape index (κ3) is 5.70. The summed E-state index contributed by atoms with van der Waals surface area (Å²) in [6.07, 6.45) is -3.25. The molecule has 0 saturated heterocycles. The molecule has 0 atom stereocenters. The number of pyridine rings is 1. The van der Waals surface area contributed by atoms with Gasteiger partial charge in [0.05, 0.1) is 11.5 Å². The minimum absolute atomic E-state index is 0.0705. The van der Waals surface area contributed by atoms with E-state index in [4.69, 9.17) is 16.3 Å². The first-order chi connectivity index (χ1) is 16.3. The van der Waals surface area contributed by atoms with Crippen LogP contribution in [0.1, 0.15) is 36.4 Å². The Kier molecular flexibility index (Phi) is 7.64. The Hall–Kier alpha value is -3.27. The molecule has 3 aromatic rings. The summed E-state index contributed by atoms with van der Waals surface area (Å²) < 4.78 is 60.1. The van der Waals surface area contributed by atoms with Crippen LogP contribution in [0.3, 0.4) is 0 Å². The summed E-state index contributed by atoms with van der Waals surface area (Å²) in [6.45, 7) is 4.73. The smallest absolute Gasteiger partial charge is 0.423 e. The summed E-state index contributed by atoms with van der Waals surface area (Å²) in [5.74, 6) is -2.11. The van der Waals surface area contributed by atoms with Crippen molar-refractivity contribution in [2.75, 3.05) is 0 Å². The second-order valence-electron chi connectivity index (χ2n) is 8.23. The highest BCUT2D eigenvalue weighted by molar-refractivity contribution is 6.31. The molecule has 0 unspecified atom stereocenters. The van der Waals surface area contributed by atoms with Gasteiger partial charge in [0.1, 0.15) is 17.2 Å². The molecule has 0 bridgehead atoms. The highest BCUT2D eigenvalue weighted by atomic mass is 35.5. The van der Waals surface area contributed by atoms with E-state index in [2.05, 4.69) is 10.1 Å². The topological polar surface area (TPSA) is 74.1 Å². The molecule has 0 spiro atoms. The number of aromatic nitrogens is 3. The molecule has 0 fully saturated rings. The van der Waals surface area contributed by atoms with Crippen LogP contribution in [-0.4, -0.2) is 20.7 Å². The van der Waals surface area contributed by atoms with E-state index in [1.807, 2.05) is 0 Å². The maximum Gasteiger partial charge on any atom is 0.433 e. The van der Waals surface area contributed by atoms with Crippen molar-refractivity contribution in [1.29, 1.82) is 0 Å². The molecular weight excluding hydrogens is 490 g/mol. The number of hydrogen-bond donors (Lipinski definition) is 0. The van der Waals surface area contributed by atoms with Gasteiger partial charge in [0, 0.05) is 23.8 Å². The number of alkyl halides is 3. The van der Waals surface area contributed by atoms with E-state index in [0.717, 1.165) is 23.0 Å². The normalized spacial score (nSPS) is 11.7. The number of benzene rings is 1. The van der Waals surface area contributed by atoms with Crippen molar-refractivity contribution in [3.05, 3.63) is 74.2 Å². The molecule has 0 aliphatic heterocycles. The Balaban J connectivity index is 2.11. The van der Waals surface area contributed by atoms with Gasteiger partial charge < -0.3 is 4.74 Å². The van der Waals surface area contributed by atoms with Crippen LogP contribution < -0.4 is 10.3 Å². The lowest BCUT2D eigenvalue weighted by Crippen LogP contribution is -2.26. The molecule has 1 aromatic carbocycles. The number of esters is 1. The van der Waals surface area contributed by atoms with Crippen LogP contribution in [-0.2, 0) is 30.9 Å². The fraction of sp³-hybridized carbons (Fsp3) is 0.333. The molecule has 0 amide bonds. The minimum atomic E-state index is -4.57. The van der Waals surface area contributed by atoms with E-state index in [-0.39, 0.29) is 46.0 Å². The fourth-order valence-corrected chi connectivity index (χ4v) is 3.69. The van der Waals surface area contributed by atoms with Crippen molar-refractivity contribution in [2.24, 2.45) is 13.0 Å². The lowest BCUT2D eigenvalue weighted by atomic mass is 9.94. The molecule has 3 rings (SSSR count). The van der Waals surface area contributed by atoms with Crippen molar-refractivity contribution in [1.82, 2.24) is 14.8 Å². The van der Waals surface area contributed by atoms with Crippen molar-refractivity contribution < 1.29 is 27.1 Å². The van der Waals surface area contributed by atoms with Gasteiger partial charge in [-0.3, -0.25) is 14.6 Å². The molecule has 2 aromatic heterocycles. The molecule has 0 aliphatic rings.